The van der Waals surface area contributed by atoms with Crippen LogP contribution in [0.1, 0.15) is 25.7 Å². The number of anilines is 2. The number of fused-ring (bicyclic) bond motifs is 1. The summed E-state index contributed by atoms with van der Waals surface area (Å²) in [6, 6.07) is 8.14. The quantitative estimate of drug-likeness (QED) is 0.881. The molecule has 2 unspecified atom stereocenters. The van der Waals surface area contributed by atoms with Crippen LogP contribution < -0.4 is 10.6 Å². The Labute approximate surface area is 119 Å². The second-order valence-corrected chi connectivity index (χ2v) is 5.61. The van der Waals surface area contributed by atoms with Crippen LogP contribution in [0.3, 0.4) is 0 Å². The van der Waals surface area contributed by atoms with Crippen LogP contribution in [0.5, 0.6) is 0 Å². The number of pyridine rings is 1. The molecule has 106 valence electrons. The third-order valence-corrected chi connectivity index (χ3v) is 4.32. The molecule has 1 fully saturated rings. The molecule has 4 heteroatoms. The Kier molecular flexibility index (Phi) is 3.49. The molecule has 0 aliphatic heterocycles. The highest BCUT2D eigenvalue weighted by Crippen LogP contribution is 2.34. The van der Waals surface area contributed by atoms with E-state index >= 15 is 0 Å². The van der Waals surface area contributed by atoms with Gasteiger partial charge < -0.3 is 15.7 Å². The summed E-state index contributed by atoms with van der Waals surface area (Å²) < 4.78 is 0. The predicted molar refractivity (Wildman–Crippen MR) is 82.8 cm³/mol. The Balaban J connectivity index is 2.06. The van der Waals surface area contributed by atoms with Gasteiger partial charge in [0.2, 0.25) is 0 Å². The Morgan fingerprint density at radius 2 is 2.00 bits per heavy atom. The van der Waals surface area contributed by atoms with E-state index in [0.29, 0.717) is 5.69 Å². The smallest absolute Gasteiger partial charge is 0.0745 e. The molecule has 3 N–H and O–H groups in total. The van der Waals surface area contributed by atoms with Crippen LogP contribution in [0, 0.1) is 0 Å². The van der Waals surface area contributed by atoms with Crippen molar-refractivity contribution in [1.29, 1.82) is 0 Å². The van der Waals surface area contributed by atoms with E-state index in [0.717, 1.165) is 42.3 Å². The molecule has 1 aromatic carbocycles. The maximum absolute atomic E-state index is 10.3. The fourth-order valence-electron chi connectivity index (χ4n) is 3.25. The number of aliphatic hydroxyl groups excluding tert-OH is 1. The van der Waals surface area contributed by atoms with Crippen molar-refractivity contribution in [2.75, 3.05) is 17.7 Å². The van der Waals surface area contributed by atoms with Crippen molar-refractivity contribution in [3.63, 3.8) is 0 Å². The van der Waals surface area contributed by atoms with Crippen LogP contribution in [0.25, 0.3) is 10.9 Å². The van der Waals surface area contributed by atoms with Crippen molar-refractivity contribution < 1.29 is 5.11 Å². The number of nitrogens with zero attached hydrogens (tertiary/aromatic N) is 2. The molecule has 20 heavy (non-hydrogen) atoms. The van der Waals surface area contributed by atoms with Gasteiger partial charge in [-0.2, -0.15) is 0 Å². The van der Waals surface area contributed by atoms with Gasteiger partial charge in [-0.25, -0.2) is 0 Å². The molecule has 0 saturated heterocycles. The van der Waals surface area contributed by atoms with Crippen molar-refractivity contribution in [3.8, 4) is 0 Å². The lowest BCUT2D eigenvalue weighted by molar-refractivity contribution is 0.106. The van der Waals surface area contributed by atoms with Crippen molar-refractivity contribution in [2.45, 2.75) is 37.8 Å². The van der Waals surface area contributed by atoms with Gasteiger partial charge in [-0.15, -0.1) is 0 Å². The highest BCUT2D eigenvalue weighted by Gasteiger charge is 2.28. The van der Waals surface area contributed by atoms with Crippen LogP contribution in [-0.4, -0.2) is 29.3 Å². The summed E-state index contributed by atoms with van der Waals surface area (Å²) in [5, 5.41) is 11.3. The fraction of sp³-hybridized carbons (Fsp3) is 0.438. The number of rotatable bonds is 2. The lowest BCUT2D eigenvalue weighted by Crippen LogP contribution is -2.43. The first kappa shape index (κ1) is 13.2. The van der Waals surface area contributed by atoms with Crippen molar-refractivity contribution in [1.82, 2.24) is 4.98 Å². The van der Waals surface area contributed by atoms with Gasteiger partial charge in [-0.1, -0.05) is 31.0 Å². The van der Waals surface area contributed by atoms with E-state index in [9.17, 15) is 5.11 Å². The molecule has 2 atom stereocenters. The molecule has 1 aliphatic carbocycles. The van der Waals surface area contributed by atoms with Gasteiger partial charge >= 0.3 is 0 Å². The van der Waals surface area contributed by atoms with E-state index in [4.69, 9.17) is 5.73 Å². The average Bonchev–Trinajstić information content (AvgIpc) is 2.47. The minimum atomic E-state index is -0.278. The first-order chi connectivity index (χ1) is 9.68. The molecule has 0 bridgehead atoms. The molecule has 1 aromatic heterocycles. The summed E-state index contributed by atoms with van der Waals surface area (Å²) in [6.45, 7) is 0. The molecule has 4 nitrogen and oxygen atoms in total. The van der Waals surface area contributed by atoms with E-state index in [1.165, 1.54) is 0 Å². The fourth-order valence-corrected chi connectivity index (χ4v) is 3.25. The lowest BCUT2D eigenvalue weighted by Gasteiger charge is -2.37. The Morgan fingerprint density at radius 1 is 1.25 bits per heavy atom. The van der Waals surface area contributed by atoms with E-state index in [1.807, 2.05) is 31.3 Å². The van der Waals surface area contributed by atoms with Gasteiger partial charge in [-0.3, -0.25) is 4.98 Å². The van der Waals surface area contributed by atoms with E-state index < -0.39 is 0 Å². The number of hydrogen-bond donors (Lipinski definition) is 2. The first-order valence-corrected chi connectivity index (χ1v) is 7.22. The Bertz CT molecular complexity index is 614. The monoisotopic (exact) mass is 271 g/mol. The molecule has 2 aromatic rings. The predicted octanol–water partition coefficient (Wildman–Crippen LogP) is 2.56. The van der Waals surface area contributed by atoms with Gasteiger partial charge in [-0.05, 0) is 18.9 Å². The number of likely N-dealkylation sites (N-methyl/N-ethyl adjacent to an activating group) is 1. The van der Waals surface area contributed by atoms with E-state index in [2.05, 4.69) is 9.88 Å². The highest BCUT2D eigenvalue weighted by molar-refractivity contribution is 5.97. The molecule has 0 amide bonds. The zero-order valence-corrected chi connectivity index (χ0v) is 11.8. The maximum Gasteiger partial charge on any atom is 0.0745 e. The molecule has 1 saturated carbocycles. The molecular weight excluding hydrogens is 250 g/mol. The minimum absolute atomic E-state index is 0.136. The topological polar surface area (TPSA) is 62.4 Å². The number of aliphatic hydroxyl groups is 1. The second-order valence-electron chi connectivity index (χ2n) is 5.61. The first-order valence-electron chi connectivity index (χ1n) is 7.22. The molecular formula is C16H21N3O. The Morgan fingerprint density at radius 3 is 2.80 bits per heavy atom. The van der Waals surface area contributed by atoms with E-state index in [1.54, 1.807) is 6.20 Å². The number of para-hydroxylation sites is 1. The summed E-state index contributed by atoms with van der Waals surface area (Å²) in [6.07, 6.45) is 5.59. The highest BCUT2D eigenvalue weighted by atomic mass is 16.3. The summed E-state index contributed by atoms with van der Waals surface area (Å²) in [5.74, 6) is 0. The molecule has 0 spiro atoms. The van der Waals surface area contributed by atoms with Crippen molar-refractivity contribution >= 4 is 22.3 Å². The van der Waals surface area contributed by atoms with Crippen LogP contribution >= 0.6 is 0 Å². The van der Waals surface area contributed by atoms with Crippen molar-refractivity contribution in [2.24, 2.45) is 0 Å². The van der Waals surface area contributed by atoms with Gasteiger partial charge in [0.15, 0.2) is 0 Å². The zero-order chi connectivity index (χ0) is 14.1. The second kappa shape index (κ2) is 5.29. The lowest BCUT2D eigenvalue weighted by atomic mass is 9.91. The minimum Gasteiger partial charge on any atom is -0.396 e. The van der Waals surface area contributed by atoms with E-state index in [-0.39, 0.29) is 12.1 Å². The van der Waals surface area contributed by atoms with Gasteiger partial charge in [0.25, 0.3) is 0 Å². The van der Waals surface area contributed by atoms with Crippen LogP contribution in [0.2, 0.25) is 0 Å². The molecule has 1 aliphatic rings. The summed E-state index contributed by atoms with van der Waals surface area (Å²) in [7, 11) is 2.03. The largest absolute Gasteiger partial charge is 0.396 e. The normalized spacial score (nSPS) is 22.9. The van der Waals surface area contributed by atoms with Gasteiger partial charge in [0, 0.05) is 12.4 Å². The number of aromatic nitrogens is 1. The standard InChI is InChI=1S/C16H21N3O/c1-19(14-8-4-5-9-15(14)20)16-11-6-2-3-7-13(11)18-10-12(16)17/h2-3,6-7,10,14-15,20H,4-5,8-9,17H2,1H3. The maximum atomic E-state index is 10.3. The van der Waals surface area contributed by atoms with Crippen LogP contribution in [0.4, 0.5) is 11.4 Å². The molecule has 0 radical (unpaired) electrons. The number of benzene rings is 1. The van der Waals surface area contributed by atoms with Gasteiger partial charge in [0.1, 0.15) is 0 Å². The number of hydrogen-bond acceptors (Lipinski definition) is 4. The van der Waals surface area contributed by atoms with Crippen molar-refractivity contribution in [3.05, 3.63) is 30.5 Å². The molecule has 1 heterocycles. The third kappa shape index (κ3) is 2.20. The summed E-state index contributed by atoms with van der Waals surface area (Å²) in [5.41, 5.74) is 8.75. The Hall–Kier alpha value is -1.81. The van der Waals surface area contributed by atoms with Crippen LogP contribution in [-0.2, 0) is 0 Å². The van der Waals surface area contributed by atoms with Crippen LogP contribution in [0.15, 0.2) is 30.5 Å². The summed E-state index contributed by atoms with van der Waals surface area (Å²) >= 11 is 0. The third-order valence-electron chi connectivity index (χ3n) is 4.32. The number of nitrogens with two attached hydrogens (primary N) is 1. The van der Waals surface area contributed by atoms with Gasteiger partial charge in [0.05, 0.1) is 35.2 Å². The SMILES string of the molecule is CN(c1c(N)cnc2ccccc12)C1CCCCC1O. The zero-order valence-electron chi connectivity index (χ0n) is 11.8. The average molecular weight is 271 g/mol. The summed E-state index contributed by atoms with van der Waals surface area (Å²) in [4.78, 5) is 6.52. The molecule has 3 rings (SSSR count). The number of nitrogen functional groups attached to an aromatic ring is 1.